The Morgan fingerprint density at radius 3 is 2.47 bits per heavy atom. The van der Waals surface area contributed by atoms with E-state index in [0.717, 1.165) is 0 Å². The van der Waals surface area contributed by atoms with Crippen LogP contribution in [0.5, 0.6) is 0 Å². The fraction of sp³-hybridized carbons (Fsp3) is 0.111. The Morgan fingerprint density at radius 1 is 1.29 bits per heavy atom. The van der Waals surface area contributed by atoms with Crippen molar-refractivity contribution in [2.24, 2.45) is 7.05 Å². The Hall–Kier alpha value is -2.09. The summed E-state index contributed by atoms with van der Waals surface area (Å²) < 4.78 is 27.5. The minimum Gasteiger partial charge on any atom is -0.399 e. The van der Waals surface area contributed by atoms with Gasteiger partial charge in [0.2, 0.25) is 5.95 Å². The SMILES string of the molecule is Cn1ncnc1NS(=O)(=O)c1ccc(N)cc1. The average Bonchev–Trinajstić information content (AvgIpc) is 2.64. The lowest BCUT2D eigenvalue weighted by molar-refractivity contribution is 0.600. The van der Waals surface area contributed by atoms with E-state index in [0.29, 0.717) is 5.69 Å². The van der Waals surface area contributed by atoms with Crippen LogP contribution in [0.25, 0.3) is 0 Å². The second kappa shape index (κ2) is 4.06. The molecule has 2 rings (SSSR count). The van der Waals surface area contributed by atoms with Crippen LogP contribution in [0.3, 0.4) is 0 Å². The predicted molar refractivity (Wildman–Crippen MR) is 62.7 cm³/mol. The van der Waals surface area contributed by atoms with Gasteiger partial charge in [-0.3, -0.25) is 0 Å². The maximum Gasteiger partial charge on any atom is 0.264 e. The van der Waals surface area contributed by atoms with Crippen LogP contribution in [0.4, 0.5) is 11.6 Å². The molecule has 0 aliphatic carbocycles. The van der Waals surface area contributed by atoms with E-state index >= 15 is 0 Å². The Balaban J connectivity index is 2.31. The van der Waals surface area contributed by atoms with Crippen molar-refractivity contribution in [3.05, 3.63) is 30.6 Å². The van der Waals surface area contributed by atoms with Gasteiger partial charge in [-0.2, -0.15) is 10.1 Å². The van der Waals surface area contributed by atoms with E-state index in [1.807, 2.05) is 0 Å². The summed E-state index contributed by atoms with van der Waals surface area (Å²) in [5, 5.41) is 3.77. The van der Waals surface area contributed by atoms with Gasteiger partial charge in [-0.25, -0.2) is 17.8 Å². The molecule has 7 nitrogen and oxygen atoms in total. The molecule has 0 amide bonds. The predicted octanol–water partition coefficient (Wildman–Crippen LogP) is 0.198. The number of nitrogen functional groups attached to an aromatic ring is 1. The van der Waals surface area contributed by atoms with E-state index in [-0.39, 0.29) is 10.8 Å². The third-order valence-corrected chi connectivity index (χ3v) is 3.47. The largest absolute Gasteiger partial charge is 0.399 e. The minimum atomic E-state index is -3.65. The molecule has 0 aliphatic heterocycles. The molecular formula is C9H11N5O2S. The molecule has 0 unspecified atom stereocenters. The maximum atomic E-state index is 11.9. The normalized spacial score (nSPS) is 11.4. The highest BCUT2D eigenvalue weighted by molar-refractivity contribution is 7.92. The quantitative estimate of drug-likeness (QED) is 0.760. The molecule has 0 radical (unpaired) electrons. The van der Waals surface area contributed by atoms with Crippen molar-refractivity contribution in [2.45, 2.75) is 4.90 Å². The highest BCUT2D eigenvalue weighted by Gasteiger charge is 2.16. The van der Waals surface area contributed by atoms with E-state index in [1.54, 1.807) is 7.05 Å². The summed E-state index contributed by atoms with van der Waals surface area (Å²) in [6.45, 7) is 0. The van der Waals surface area contributed by atoms with Gasteiger partial charge in [-0.1, -0.05) is 0 Å². The van der Waals surface area contributed by atoms with Crippen molar-refractivity contribution >= 4 is 21.7 Å². The van der Waals surface area contributed by atoms with Gasteiger partial charge >= 0.3 is 0 Å². The first-order chi connectivity index (χ1) is 7.99. The first-order valence-corrected chi connectivity index (χ1v) is 6.20. The number of benzene rings is 1. The summed E-state index contributed by atoms with van der Waals surface area (Å²) in [7, 11) is -2.06. The molecule has 1 aromatic carbocycles. The highest BCUT2D eigenvalue weighted by Crippen LogP contribution is 2.14. The van der Waals surface area contributed by atoms with Crippen molar-refractivity contribution in [3.8, 4) is 0 Å². The van der Waals surface area contributed by atoms with E-state index < -0.39 is 10.0 Å². The van der Waals surface area contributed by atoms with Crippen molar-refractivity contribution in [1.82, 2.24) is 14.8 Å². The van der Waals surface area contributed by atoms with Crippen LogP contribution in [0, 0.1) is 0 Å². The van der Waals surface area contributed by atoms with Gasteiger partial charge in [-0.15, -0.1) is 0 Å². The molecule has 8 heteroatoms. The topological polar surface area (TPSA) is 103 Å². The van der Waals surface area contributed by atoms with Crippen molar-refractivity contribution in [1.29, 1.82) is 0 Å². The number of anilines is 2. The number of hydrogen-bond acceptors (Lipinski definition) is 5. The van der Waals surface area contributed by atoms with Crippen molar-refractivity contribution in [3.63, 3.8) is 0 Å². The van der Waals surface area contributed by atoms with Gasteiger partial charge in [0, 0.05) is 12.7 Å². The smallest absolute Gasteiger partial charge is 0.264 e. The minimum absolute atomic E-state index is 0.120. The number of nitrogens with one attached hydrogen (secondary N) is 1. The second-order valence-corrected chi connectivity index (χ2v) is 5.06. The van der Waals surface area contributed by atoms with Crippen LogP contribution in [-0.4, -0.2) is 23.2 Å². The van der Waals surface area contributed by atoms with Gasteiger partial charge in [0.05, 0.1) is 4.90 Å². The third kappa shape index (κ3) is 2.36. The van der Waals surface area contributed by atoms with Crippen LogP contribution in [0.15, 0.2) is 35.5 Å². The second-order valence-electron chi connectivity index (χ2n) is 3.38. The third-order valence-electron chi connectivity index (χ3n) is 2.13. The number of hydrogen-bond donors (Lipinski definition) is 2. The van der Waals surface area contributed by atoms with Gasteiger partial charge in [0.15, 0.2) is 0 Å². The van der Waals surface area contributed by atoms with Crippen LogP contribution in [-0.2, 0) is 17.1 Å². The lowest BCUT2D eigenvalue weighted by atomic mass is 10.3. The van der Waals surface area contributed by atoms with Crippen molar-refractivity contribution < 1.29 is 8.42 Å². The molecule has 0 saturated carbocycles. The summed E-state index contributed by atoms with van der Waals surface area (Å²) in [6, 6.07) is 5.89. The van der Waals surface area contributed by atoms with Crippen LogP contribution in [0.1, 0.15) is 0 Å². The highest BCUT2D eigenvalue weighted by atomic mass is 32.2. The maximum absolute atomic E-state index is 11.9. The Kier molecular flexibility index (Phi) is 2.72. The van der Waals surface area contributed by atoms with E-state index in [4.69, 9.17) is 5.73 Å². The first kappa shape index (κ1) is 11.4. The summed E-state index contributed by atoms with van der Waals surface area (Å²) in [6.07, 6.45) is 1.26. The van der Waals surface area contributed by atoms with Crippen molar-refractivity contribution in [2.75, 3.05) is 10.5 Å². The molecular weight excluding hydrogens is 242 g/mol. The monoisotopic (exact) mass is 253 g/mol. The molecule has 0 atom stereocenters. The molecule has 0 saturated heterocycles. The summed E-state index contributed by atoms with van der Waals surface area (Å²) in [5.41, 5.74) is 5.99. The molecule has 90 valence electrons. The van der Waals surface area contributed by atoms with E-state index in [2.05, 4.69) is 14.8 Å². The summed E-state index contributed by atoms with van der Waals surface area (Å²) in [5.74, 6) is 0.154. The molecule has 3 N–H and O–H groups in total. The zero-order chi connectivity index (χ0) is 12.5. The number of nitrogens with zero attached hydrogens (tertiary/aromatic N) is 3. The number of rotatable bonds is 3. The lowest BCUT2D eigenvalue weighted by Gasteiger charge is -2.06. The Morgan fingerprint density at radius 2 is 1.94 bits per heavy atom. The first-order valence-electron chi connectivity index (χ1n) is 4.71. The van der Waals surface area contributed by atoms with Gasteiger partial charge in [0.25, 0.3) is 10.0 Å². The molecule has 2 aromatic rings. The standard InChI is InChI=1S/C9H11N5O2S/c1-14-9(11-6-12-14)13-17(15,16)8-4-2-7(10)3-5-8/h2-6H,10H2,1H3,(H,11,12,13). The number of sulfonamides is 1. The summed E-state index contributed by atoms with van der Waals surface area (Å²) >= 11 is 0. The molecule has 0 aliphatic rings. The van der Waals surface area contributed by atoms with Crippen LogP contribution in [0.2, 0.25) is 0 Å². The molecule has 0 fully saturated rings. The molecule has 1 aromatic heterocycles. The van der Waals surface area contributed by atoms with E-state index in [1.165, 1.54) is 35.3 Å². The number of aryl methyl sites for hydroxylation is 1. The molecule has 0 bridgehead atoms. The number of aromatic nitrogens is 3. The Labute approximate surface area is 98.3 Å². The summed E-state index contributed by atoms with van der Waals surface area (Å²) in [4.78, 5) is 3.90. The van der Waals surface area contributed by atoms with Gasteiger partial charge in [-0.05, 0) is 24.3 Å². The Bertz CT molecular complexity index is 617. The zero-order valence-electron chi connectivity index (χ0n) is 9.03. The average molecular weight is 253 g/mol. The van der Waals surface area contributed by atoms with Gasteiger partial charge < -0.3 is 5.73 Å². The van der Waals surface area contributed by atoms with Crippen LogP contribution < -0.4 is 10.5 Å². The number of nitrogens with two attached hydrogens (primary N) is 1. The molecule has 0 spiro atoms. The van der Waals surface area contributed by atoms with Crippen LogP contribution >= 0.6 is 0 Å². The fourth-order valence-corrected chi connectivity index (χ4v) is 2.25. The molecule has 17 heavy (non-hydrogen) atoms. The van der Waals surface area contributed by atoms with E-state index in [9.17, 15) is 8.42 Å². The molecule has 1 heterocycles. The lowest BCUT2D eigenvalue weighted by Crippen LogP contribution is -2.16. The fourth-order valence-electron chi connectivity index (χ4n) is 1.21. The van der Waals surface area contributed by atoms with Gasteiger partial charge in [0.1, 0.15) is 6.33 Å². The zero-order valence-corrected chi connectivity index (χ0v) is 9.85.